The molecule has 0 saturated heterocycles. The van der Waals surface area contributed by atoms with Crippen molar-refractivity contribution in [3.8, 4) is 0 Å². The first-order chi connectivity index (χ1) is 7.15. The molecule has 1 heterocycles. The highest BCUT2D eigenvalue weighted by Crippen LogP contribution is 2.03. The van der Waals surface area contributed by atoms with E-state index in [2.05, 4.69) is 10.2 Å². The van der Waals surface area contributed by atoms with Crippen LogP contribution in [0.25, 0.3) is 0 Å². The van der Waals surface area contributed by atoms with Crippen LogP contribution in [0.4, 0.5) is 0 Å². The van der Waals surface area contributed by atoms with Gasteiger partial charge in [-0.3, -0.25) is 5.10 Å². The smallest absolute Gasteiger partial charge is 0.195 e. The van der Waals surface area contributed by atoms with Crippen LogP contribution in [0.1, 0.15) is 19.2 Å². The van der Waals surface area contributed by atoms with Gasteiger partial charge in [0.1, 0.15) is 5.82 Å². The average molecular weight is 231 g/mol. The fourth-order valence-electron chi connectivity index (χ4n) is 1.29. The van der Waals surface area contributed by atoms with Crippen molar-refractivity contribution in [1.29, 1.82) is 0 Å². The van der Waals surface area contributed by atoms with Crippen LogP contribution in [0.3, 0.4) is 0 Å². The lowest BCUT2D eigenvalue weighted by atomic mass is 10.2. The molecule has 1 aromatic rings. The molecular formula is C9H17N3O2S. The molecule has 5 nitrogen and oxygen atoms in total. The molecule has 0 aromatic carbocycles. The maximum absolute atomic E-state index is 9.19. The van der Waals surface area contributed by atoms with Crippen LogP contribution in [0.2, 0.25) is 0 Å². The van der Waals surface area contributed by atoms with Gasteiger partial charge >= 0.3 is 0 Å². The number of ether oxygens (including phenoxy) is 1. The van der Waals surface area contributed by atoms with Gasteiger partial charge in [0.2, 0.25) is 0 Å². The Kier molecular flexibility index (Phi) is 4.93. The van der Waals surface area contributed by atoms with E-state index >= 15 is 0 Å². The third-order valence-electron chi connectivity index (χ3n) is 2.14. The SMILES string of the molecule is COCCn1c(CCC(C)O)n[nH]c1=S. The van der Waals surface area contributed by atoms with Gasteiger partial charge in [-0.1, -0.05) is 0 Å². The number of aromatic amines is 1. The maximum atomic E-state index is 9.19. The van der Waals surface area contributed by atoms with Crippen molar-refractivity contribution in [2.75, 3.05) is 13.7 Å². The largest absolute Gasteiger partial charge is 0.393 e. The van der Waals surface area contributed by atoms with Gasteiger partial charge in [-0.25, -0.2) is 0 Å². The number of aryl methyl sites for hydroxylation is 1. The van der Waals surface area contributed by atoms with Crippen LogP contribution in [-0.2, 0) is 17.7 Å². The van der Waals surface area contributed by atoms with Crippen molar-refractivity contribution in [3.63, 3.8) is 0 Å². The van der Waals surface area contributed by atoms with Crippen LogP contribution in [0, 0.1) is 4.77 Å². The first-order valence-corrected chi connectivity index (χ1v) is 5.37. The van der Waals surface area contributed by atoms with E-state index in [1.54, 1.807) is 14.0 Å². The lowest BCUT2D eigenvalue weighted by molar-refractivity contribution is 0.179. The molecule has 1 atom stereocenters. The minimum atomic E-state index is -0.314. The van der Waals surface area contributed by atoms with E-state index < -0.39 is 0 Å². The number of aliphatic hydroxyl groups excluding tert-OH is 1. The van der Waals surface area contributed by atoms with Gasteiger partial charge in [0.25, 0.3) is 0 Å². The summed E-state index contributed by atoms with van der Waals surface area (Å²) in [6, 6.07) is 0. The molecule has 1 unspecified atom stereocenters. The number of nitrogens with one attached hydrogen (secondary N) is 1. The second kappa shape index (κ2) is 5.99. The van der Waals surface area contributed by atoms with Crippen molar-refractivity contribution in [1.82, 2.24) is 14.8 Å². The monoisotopic (exact) mass is 231 g/mol. The quantitative estimate of drug-likeness (QED) is 0.714. The Morgan fingerprint density at radius 1 is 1.67 bits per heavy atom. The van der Waals surface area contributed by atoms with Crippen molar-refractivity contribution in [3.05, 3.63) is 10.6 Å². The van der Waals surface area contributed by atoms with Gasteiger partial charge in [-0.2, -0.15) is 5.10 Å². The molecule has 0 radical (unpaired) electrons. The number of aromatic nitrogens is 3. The Bertz CT molecular complexity index is 345. The predicted octanol–water partition coefficient (Wildman–Crippen LogP) is 0.900. The van der Waals surface area contributed by atoms with Crippen LogP contribution in [0.15, 0.2) is 0 Å². The van der Waals surface area contributed by atoms with E-state index in [1.165, 1.54) is 0 Å². The number of nitrogens with zero attached hydrogens (tertiary/aromatic N) is 2. The number of hydrogen-bond donors (Lipinski definition) is 2. The molecule has 6 heteroatoms. The first-order valence-electron chi connectivity index (χ1n) is 4.96. The number of H-pyrrole nitrogens is 1. The second-order valence-corrected chi connectivity index (χ2v) is 3.86. The van der Waals surface area contributed by atoms with E-state index in [0.29, 0.717) is 30.8 Å². The van der Waals surface area contributed by atoms with Gasteiger partial charge in [-0.05, 0) is 25.6 Å². The van der Waals surface area contributed by atoms with E-state index in [9.17, 15) is 5.11 Å². The summed E-state index contributed by atoms with van der Waals surface area (Å²) in [7, 11) is 1.65. The summed E-state index contributed by atoms with van der Waals surface area (Å²) in [5.74, 6) is 0.873. The highest BCUT2D eigenvalue weighted by Gasteiger charge is 2.06. The molecule has 0 amide bonds. The molecule has 1 rings (SSSR count). The molecular weight excluding hydrogens is 214 g/mol. The Morgan fingerprint density at radius 3 is 3.00 bits per heavy atom. The van der Waals surface area contributed by atoms with Gasteiger partial charge in [0.05, 0.1) is 12.7 Å². The van der Waals surface area contributed by atoms with Gasteiger partial charge in [-0.15, -0.1) is 0 Å². The molecule has 0 aliphatic rings. The summed E-state index contributed by atoms with van der Waals surface area (Å²) in [6.45, 7) is 3.07. The second-order valence-electron chi connectivity index (χ2n) is 3.48. The lowest BCUT2D eigenvalue weighted by Gasteiger charge is -2.06. The van der Waals surface area contributed by atoms with E-state index in [0.717, 1.165) is 5.82 Å². The molecule has 0 bridgehead atoms. The molecule has 0 spiro atoms. The molecule has 0 fully saturated rings. The lowest BCUT2D eigenvalue weighted by Crippen LogP contribution is -2.11. The first kappa shape index (κ1) is 12.4. The van der Waals surface area contributed by atoms with Crippen LogP contribution >= 0.6 is 12.2 Å². The summed E-state index contributed by atoms with van der Waals surface area (Å²) < 4.78 is 7.50. The Hall–Kier alpha value is -0.720. The Morgan fingerprint density at radius 2 is 2.40 bits per heavy atom. The van der Waals surface area contributed by atoms with Crippen molar-refractivity contribution >= 4 is 12.2 Å². The highest BCUT2D eigenvalue weighted by molar-refractivity contribution is 7.71. The minimum absolute atomic E-state index is 0.314. The highest BCUT2D eigenvalue weighted by atomic mass is 32.1. The van der Waals surface area contributed by atoms with Gasteiger partial charge in [0, 0.05) is 20.1 Å². The maximum Gasteiger partial charge on any atom is 0.195 e. The number of aliphatic hydroxyl groups is 1. The zero-order valence-electron chi connectivity index (χ0n) is 9.06. The van der Waals surface area contributed by atoms with Crippen molar-refractivity contribution in [2.24, 2.45) is 0 Å². The van der Waals surface area contributed by atoms with Crippen LogP contribution < -0.4 is 0 Å². The third kappa shape index (κ3) is 3.73. The predicted molar refractivity (Wildman–Crippen MR) is 59.3 cm³/mol. The fraction of sp³-hybridized carbons (Fsp3) is 0.778. The molecule has 15 heavy (non-hydrogen) atoms. The van der Waals surface area contributed by atoms with Gasteiger partial charge < -0.3 is 14.4 Å². The van der Waals surface area contributed by atoms with Crippen LogP contribution in [-0.4, -0.2) is 39.7 Å². The fourth-order valence-corrected chi connectivity index (χ4v) is 1.53. The summed E-state index contributed by atoms with van der Waals surface area (Å²) in [6.07, 6.45) is 1.09. The number of hydrogen-bond acceptors (Lipinski definition) is 4. The van der Waals surface area contributed by atoms with E-state index in [4.69, 9.17) is 17.0 Å². The molecule has 0 saturated carbocycles. The third-order valence-corrected chi connectivity index (χ3v) is 2.45. The van der Waals surface area contributed by atoms with E-state index in [1.807, 2.05) is 4.57 Å². The van der Waals surface area contributed by atoms with E-state index in [-0.39, 0.29) is 6.10 Å². The molecule has 2 N–H and O–H groups in total. The average Bonchev–Trinajstić information content (AvgIpc) is 2.53. The Labute approximate surface area is 94.1 Å². The van der Waals surface area contributed by atoms with Crippen molar-refractivity contribution < 1.29 is 9.84 Å². The minimum Gasteiger partial charge on any atom is -0.393 e. The number of methoxy groups -OCH3 is 1. The standard InChI is InChI=1S/C9H17N3O2S/c1-7(13)3-4-8-10-11-9(15)12(8)5-6-14-2/h7,13H,3-6H2,1-2H3,(H,11,15). The zero-order valence-corrected chi connectivity index (χ0v) is 9.88. The molecule has 0 aliphatic carbocycles. The van der Waals surface area contributed by atoms with Crippen LogP contribution in [0.5, 0.6) is 0 Å². The molecule has 0 aliphatic heterocycles. The normalized spacial score (nSPS) is 13.0. The summed E-state index contributed by atoms with van der Waals surface area (Å²) in [5.41, 5.74) is 0. The van der Waals surface area contributed by atoms with Crippen molar-refractivity contribution in [2.45, 2.75) is 32.4 Å². The summed E-state index contributed by atoms with van der Waals surface area (Å²) in [4.78, 5) is 0. The summed E-state index contributed by atoms with van der Waals surface area (Å²) >= 11 is 5.09. The number of rotatable bonds is 6. The topological polar surface area (TPSA) is 63.1 Å². The molecule has 86 valence electrons. The molecule has 1 aromatic heterocycles. The Balaban J connectivity index is 2.66. The zero-order chi connectivity index (χ0) is 11.3. The summed E-state index contributed by atoms with van der Waals surface area (Å²) in [5, 5.41) is 16.1. The van der Waals surface area contributed by atoms with Gasteiger partial charge in [0.15, 0.2) is 4.77 Å².